The van der Waals surface area contributed by atoms with Gasteiger partial charge >= 0.3 is 6.03 Å². The summed E-state index contributed by atoms with van der Waals surface area (Å²) >= 11 is 0. The molecular formula is C37H73N5O3. The van der Waals surface area contributed by atoms with E-state index < -0.39 is 5.54 Å². The lowest BCUT2D eigenvalue weighted by molar-refractivity contribution is -0.157. The molecule has 0 N–H and O–H groups in total. The van der Waals surface area contributed by atoms with E-state index in [0.717, 1.165) is 44.7 Å². The first kappa shape index (κ1) is 41.4. The third-order valence-corrected chi connectivity index (χ3v) is 11.1. The first-order valence-corrected chi connectivity index (χ1v) is 17.8. The lowest BCUT2D eigenvalue weighted by Gasteiger charge is -2.54. The second-order valence-corrected chi connectivity index (χ2v) is 16.8. The van der Waals surface area contributed by atoms with Gasteiger partial charge in [0.05, 0.1) is 5.54 Å². The fourth-order valence-electron chi connectivity index (χ4n) is 7.23. The quantitative estimate of drug-likeness (QED) is 0.244. The Morgan fingerprint density at radius 1 is 0.600 bits per heavy atom. The van der Waals surface area contributed by atoms with Crippen molar-refractivity contribution < 1.29 is 14.4 Å². The van der Waals surface area contributed by atoms with Crippen LogP contribution >= 0.6 is 0 Å². The van der Waals surface area contributed by atoms with Crippen LogP contribution in [0.4, 0.5) is 4.79 Å². The minimum atomic E-state index is -0.676. The number of carbonyl (C=O) groups excluding carboxylic acids is 3. The van der Waals surface area contributed by atoms with Gasteiger partial charge in [0, 0.05) is 43.3 Å². The Morgan fingerprint density at radius 3 is 1.49 bits per heavy atom. The number of unbranched alkanes of at least 4 members (excludes halogenated alkanes) is 3. The molecule has 0 spiro atoms. The number of likely N-dealkylation sites (tertiary alicyclic amines) is 1. The lowest BCUT2D eigenvalue weighted by atomic mass is 9.72. The maximum atomic E-state index is 12.3. The monoisotopic (exact) mass is 636 g/mol. The van der Waals surface area contributed by atoms with Crippen molar-refractivity contribution in [2.75, 3.05) is 40.8 Å². The van der Waals surface area contributed by atoms with Crippen molar-refractivity contribution in [1.29, 1.82) is 0 Å². The van der Waals surface area contributed by atoms with Crippen molar-refractivity contribution in [3.05, 3.63) is 0 Å². The molecule has 3 aliphatic heterocycles. The van der Waals surface area contributed by atoms with Gasteiger partial charge in [-0.1, -0.05) is 52.9 Å². The molecule has 3 saturated heterocycles. The number of imide groups is 1. The first-order valence-electron chi connectivity index (χ1n) is 17.8. The number of nitrogens with zero attached hydrogens (tertiary/aromatic N) is 5. The smallest absolute Gasteiger partial charge is 0.327 e. The molecule has 0 unspecified atom stereocenters. The van der Waals surface area contributed by atoms with Gasteiger partial charge in [0.25, 0.3) is 5.91 Å². The molecule has 3 rings (SSSR count). The molecule has 0 bridgehead atoms. The van der Waals surface area contributed by atoms with Crippen molar-refractivity contribution in [3.63, 3.8) is 0 Å². The number of amides is 4. The van der Waals surface area contributed by atoms with Gasteiger partial charge in [-0.05, 0) is 115 Å². The number of hydrogen-bond acceptors (Lipinski definition) is 5. The van der Waals surface area contributed by atoms with Gasteiger partial charge in [-0.25, -0.2) is 4.79 Å². The van der Waals surface area contributed by atoms with Crippen LogP contribution in [0.3, 0.4) is 0 Å². The zero-order valence-electron chi connectivity index (χ0n) is 32.5. The first-order chi connectivity index (χ1) is 20.4. The van der Waals surface area contributed by atoms with Crippen LogP contribution in [0.15, 0.2) is 0 Å². The standard InChI is InChI=1S/C14H29N.C13H26N2O.C10H18N2O2/c1-7-8-9-12-10-13(2,3)15(6)14(4,5)11-12;1-7-8-9-15-10-12(2,3)14(6)13(4,5)11(15)16;1-5-6-7-12-8(13)10(2,3)11(4)9(12)14/h12H,7-11H2,1-6H3;7-10H2,1-6H3;5-7H2,1-4H3. The fraction of sp³-hybridized carbons (Fsp3) is 0.919. The number of urea groups is 1. The van der Waals surface area contributed by atoms with Gasteiger partial charge in [0.2, 0.25) is 5.91 Å². The van der Waals surface area contributed by atoms with E-state index in [1.807, 2.05) is 25.7 Å². The molecule has 0 aromatic rings. The van der Waals surface area contributed by atoms with Gasteiger partial charge in [-0.3, -0.25) is 24.3 Å². The summed E-state index contributed by atoms with van der Waals surface area (Å²) < 4.78 is 0. The molecule has 3 aliphatic rings. The molecule has 4 amide bonds. The molecule has 45 heavy (non-hydrogen) atoms. The van der Waals surface area contributed by atoms with Crippen LogP contribution in [-0.4, -0.2) is 111 Å². The summed E-state index contributed by atoms with van der Waals surface area (Å²) in [6.45, 7) is 30.4. The Morgan fingerprint density at radius 2 is 1.07 bits per heavy atom. The second kappa shape index (κ2) is 16.0. The highest BCUT2D eigenvalue weighted by Gasteiger charge is 2.49. The molecule has 0 aliphatic carbocycles. The Balaban J connectivity index is 0.000000338. The van der Waals surface area contributed by atoms with Crippen molar-refractivity contribution in [3.8, 4) is 0 Å². The van der Waals surface area contributed by atoms with Gasteiger partial charge in [-0.15, -0.1) is 0 Å². The molecule has 3 heterocycles. The highest BCUT2D eigenvalue weighted by atomic mass is 16.2. The highest BCUT2D eigenvalue weighted by Crippen LogP contribution is 2.41. The van der Waals surface area contributed by atoms with Crippen molar-refractivity contribution in [2.24, 2.45) is 5.92 Å². The van der Waals surface area contributed by atoms with Crippen LogP contribution in [0.25, 0.3) is 0 Å². The predicted octanol–water partition coefficient (Wildman–Crippen LogP) is 7.65. The molecule has 8 nitrogen and oxygen atoms in total. The maximum Gasteiger partial charge on any atom is 0.327 e. The van der Waals surface area contributed by atoms with Crippen molar-refractivity contribution in [1.82, 2.24) is 24.5 Å². The summed E-state index contributed by atoms with van der Waals surface area (Å²) in [5.74, 6) is 1.12. The molecule has 264 valence electrons. The van der Waals surface area contributed by atoms with E-state index in [0.29, 0.717) is 17.6 Å². The van der Waals surface area contributed by atoms with E-state index >= 15 is 0 Å². The normalized spacial score (nSPS) is 24.3. The molecule has 0 saturated carbocycles. The Bertz CT molecular complexity index is 969. The third kappa shape index (κ3) is 9.92. The van der Waals surface area contributed by atoms with Crippen LogP contribution in [-0.2, 0) is 9.59 Å². The van der Waals surface area contributed by atoms with Crippen LogP contribution in [0.2, 0.25) is 0 Å². The zero-order chi connectivity index (χ0) is 35.2. The molecule has 3 fully saturated rings. The van der Waals surface area contributed by atoms with E-state index in [-0.39, 0.29) is 28.9 Å². The molecule has 0 aromatic heterocycles. The molecule has 0 aromatic carbocycles. The molecule has 8 heteroatoms. The minimum Gasteiger partial charge on any atom is -0.339 e. The summed E-state index contributed by atoms with van der Waals surface area (Å²) in [7, 11) is 6.01. The Kier molecular flexibility index (Phi) is 14.7. The van der Waals surface area contributed by atoms with E-state index in [9.17, 15) is 14.4 Å². The molecule has 0 radical (unpaired) electrons. The maximum absolute atomic E-state index is 12.3. The number of piperazine rings is 1. The van der Waals surface area contributed by atoms with Gasteiger partial charge in [-0.2, -0.15) is 0 Å². The zero-order valence-corrected chi connectivity index (χ0v) is 32.5. The Labute approximate surface area is 278 Å². The van der Waals surface area contributed by atoms with E-state index in [4.69, 9.17) is 0 Å². The number of hydrogen-bond donors (Lipinski definition) is 0. The minimum absolute atomic E-state index is 0.0607. The number of rotatable bonds is 9. The average Bonchev–Trinajstić information content (AvgIpc) is 3.08. The Hall–Kier alpha value is -1.67. The van der Waals surface area contributed by atoms with Crippen LogP contribution in [0, 0.1) is 5.92 Å². The van der Waals surface area contributed by atoms with Gasteiger partial charge in [0.15, 0.2) is 0 Å². The average molecular weight is 636 g/mol. The highest BCUT2D eigenvalue weighted by molar-refractivity contribution is 6.06. The molecular weight excluding hydrogens is 562 g/mol. The molecule has 0 atom stereocenters. The largest absolute Gasteiger partial charge is 0.339 e. The predicted molar refractivity (Wildman–Crippen MR) is 189 cm³/mol. The third-order valence-electron chi connectivity index (χ3n) is 11.1. The number of piperidine rings is 1. The van der Waals surface area contributed by atoms with E-state index in [1.165, 1.54) is 41.9 Å². The topological polar surface area (TPSA) is 67.4 Å². The van der Waals surface area contributed by atoms with Crippen LogP contribution in [0.5, 0.6) is 0 Å². The summed E-state index contributed by atoms with van der Waals surface area (Å²) in [6, 6.07) is -0.173. The van der Waals surface area contributed by atoms with Gasteiger partial charge in [0.1, 0.15) is 5.54 Å². The summed E-state index contributed by atoms with van der Waals surface area (Å²) in [6.07, 6.45) is 11.0. The van der Waals surface area contributed by atoms with E-state index in [1.54, 1.807) is 20.9 Å². The SMILES string of the molecule is CCCCC1CC(C)(C)N(C)C(C)(C)C1.CCCCN1C(=O)N(C)C(C)(C)C1=O.CCCCN1CC(C)(C)N(C)C(C)(C)C1=O. The summed E-state index contributed by atoms with van der Waals surface area (Å²) in [4.78, 5) is 45.5. The van der Waals surface area contributed by atoms with Crippen LogP contribution < -0.4 is 0 Å². The number of likely N-dealkylation sites (N-methyl/N-ethyl adjacent to an activating group) is 2. The van der Waals surface area contributed by atoms with Gasteiger partial charge < -0.3 is 9.80 Å². The second-order valence-electron chi connectivity index (χ2n) is 16.8. The van der Waals surface area contributed by atoms with E-state index in [2.05, 4.69) is 79.3 Å². The fourth-order valence-corrected chi connectivity index (χ4v) is 7.23. The van der Waals surface area contributed by atoms with Crippen molar-refractivity contribution >= 4 is 17.8 Å². The van der Waals surface area contributed by atoms with Crippen LogP contribution in [0.1, 0.15) is 148 Å². The lowest BCUT2D eigenvalue weighted by Crippen LogP contribution is -2.69. The number of carbonyl (C=O) groups is 3. The summed E-state index contributed by atoms with van der Waals surface area (Å²) in [5.41, 5.74) is -0.244. The summed E-state index contributed by atoms with van der Waals surface area (Å²) in [5, 5.41) is 0. The van der Waals surface area contributed by atoms with Crippen molar-refractivity contribution in [2.45, 2.75) is 175 Å².